The van der Waals surface area contributed by atoms with Crippen molar-refractivity contribution < 1.29 is 18.6 Å². The molecule has 1 fully saturated rings. The number of methoxy groups -OCH3 is 1. The van der Waals surface area contributed by atoms with Crippen LogP contribution in [0.15, 0.2) is 42.5 Å². The van der Waals surface area contributed by atoms with Crippen LogP contribution in [-0.2, 0) is 23.6 Å². The van der Waals surface area contributed by atoms with Gasteiger partial charge in [-0.3, -0.25) is 4.90 Å². The summed E-state index contributed by atoms with van der Waals surface area (Å²) in [7, 11) is 1.69. The molecule has 0 amide bonds. The number of benzene rings is 2. The number of piperidine rings is 1. The minimum absolute atomic E-state index is 0.00575. The molecule has 0 radical (unpaired) electrons. The fourth-order valence-electron chi connectivity index (χ4n) is 5.63. The normalized spacial score (nSPS) is 20.4. The molecule has 0 spiro atoms. The number of nitrogens with zero attached hydrogens (tertiary/aromatic N) is 5. The first-order valence-corrected chi connectivity index (χ1v) is 14.1. The van der Waals surface area contributed by atoms with Crippen molar-refractivity contribution in [2.24, 2.45) is 0 Å². The maximum atomic E-state index is 14.8. The first-order valence-electron chi connectivity index (χ1n) is 13.3. The molecule has 210 valence electrons. The fourth-order valence-corrected chi connectivity index (χ4v) is 5.93. The van der Waals surface area contributed by atoms with Gasteiger partial charge in [0, 0.05) is 30.7 Å². The predicted molar refractivity (Wildman–Crippen MR) is 151 cm³/mol. The maximum absolute atomic E-state index is 14.8. The zero-order chi connectivity index (χ0) is 28.0. The third kappa shape index (κ3) is 5.11. The molecule has 4 aromatic rings. The van der Waals surface area contributed by atoms with Crippen molar-refractivity contribution in [1.29, 1.82) is 0 Å². The molecule has 0 aliphatic carbocycles. The second-order valence-electron chi connectivity index (χ2n) is 10.6. The molecule has 0 N–H and O–H groups in total. The Morgan fingerprint density at radius 3 is 2.67 bits per heavy atom. The van der Waals surface area contributed by atoms with E-state index in [0.29, 0.717) is 46.0 Å². The zero-order valence-corrected chi connectivity index (χ0v) is 24.0. The molecule has 2 atom stereocenters. The fraction of sp³-hybridized carbons (Fsp3) is 0.414. The number of hydrogen-bond acceptors (Lipinski definition) is 7. The van der Waals surface area contributed by atoms with Crippen LogP contribution in [0.2, 0.25) is 10.2 Å². The van der Waals surface area contributed by atoms with Crippen LogP contribution in [-0.4, -0.2) is 51.0 Å². The van der Waals surface area contributed by atoms with Gasteiger partial charge < -0.3 is 18.8 Å². The smallest absolute Gasteiger partial charge is 0.278 e. The van der Waals surface area contributed by atoms with Gasteiger partial charge in [-0.1, -0.05) is 35.3 Å². The van der Waals surface area contributed by atoms with Gasteiger partial charge in [0.15, 0.2) is 22.3 Å². The van der Waals surface area contributed by atoms with Crippen molar-refractivity contribution in [3.8, 4) is 11.5 Å². The monoisotopic (exact) mass is 585 g/mol. The minimum atomic E-state index is -1.27. The molecule has 6 rings (SSSR count). The van der Waals surface area contributed by atoms with Gasteiger partial charge in [-0.05, 0) is 63.0 Å². The van der Waals surface area contributed by atoms with Gasteiger partial charge in [0.25, 0.3) is 5.79 Å². The second-order valence-corrected chi connectivity index (χ2v) is 11.4. The lowest BCUT2D eigenvalue weighted by atomic mass is 9.88. The second kappa shape index (κ2) is 10.8. The number of rotatable bonds is 7. The summed E-state index contributed by atoms with van der Waals surface area (Å²) in [5.74, 6) is 0.770. The number of aromatic nitrogens is 4. The first-order chi connectivity index (χ1) is 19.2. The van der Waals surface area contributed by atoms with E-state index in [1.54, 1.807) is 32.2 Å². The first kappa shape index (κ1) is 27.2. The maximum Gasteiger partial charge on any atom is 0.278 e. The van der Waals surface area contributed by atoms with E-state index in [1.165, 1.54) is 6.07 Å². The van der Waals surface area contributed by atoms with Gasteiger partial charge in [0.05, 0.1) is 24.8 Å². The summed E-state index contributed by atoms with van der Waals surface area (Å²) in [6.45, 7) is 6.81. The van der Waals surface area contributed by atoms with Crippen molar-refractivity contribution >= 4 is 34.4 Å². The highest BCUT2D eigenvalue weighted by molar-refractivity contribution is 6.30. The quantitative estimate of drug-likeness (QED) is 0.251. The van der Waals surface area contributed by atoms with E-state index in [9.17, 15) is 4.39 Å². The molecule has 2 aromatic heterocycles. The van der Waals surface area contributed by atoms with Crippen LogP contribution in [0.5, 0.6) is 11.5 Å². The van der Waals surface area contributed by atoms with E-state index >= 15 is 0 Å². The number of ether oxygens (including phenoxy) is 3. The van der Waals surface area contributed by atoms with E-state index in [2.05, 4.69) is 25.7 Å². The molecule has 2 aliphatic heterocycles. The van der Waals surface area contributed by atoms with Crippen molar-refractivity contribution in [1.82, 2.24) is 24.6 Å². The molecular weight excluding hydrogens is 556 g/mol. The highest BCUT2D eigenvalue weighted by Gasteiger charge is 2.43. The molecule has 11 heteroatoms. The molecule has 40 heavy (non-hydrogen) atoms. The summed E-state index contributed by atoms with van der Waals surface area (Å²) >= 11 is 12.0. The SMILES string of the molecule is COC(C)Cn1c(CN2CCC(c3cccc4c3OC(C)(c3ccc(Cl)cc3F)O4)CC2)nc2cc(Cl)nnc21. The van der Waals surface area contributed by atoms with Crippen LogP contribution < -0.4 is 9.47 Å². The van der Waals surface area contributed by atoms with Gasteiger partial charge in [0.2, 0.25) is 0 Å². The van der Waals surface area contributed by atoms with Gasteiger partial charge >= 0.3 is 0 Å². The van der Waals surface area contributed by atoms with Crippen molar-refractivity contribution in [3.63, 3.8) is 0 Å². The Morgan fingerprint density at radius 1 is 1.12 bits per heavy atom. The van der Waals surface area contributed by atoms with Crippen LogP contribution >= 0.6 is 23.2 Å². The molecule has 0 saturated carbocycles. The summed E-state index contributed by atoms with van der Waals surface area (Å²) in [4.78, 5) is 7.24. The van der Waals surface area contributed by atoms with E-state index in [4.69, 9.17) is 42.4 Å². The Morgan fingerprint density at radius 2 is 1.93 bits per heavy atom. The highest BCUT2D eigenvalue weighted by atomic mass is 35.5. The molecular formula is C29H30Cl2FN5O3. The van der Waals surface area contributed by atoms with Crippen molar-refractivity contribution in [2.45, 2.75) is 57.6 Å². The Hall–Kier alpha value is -2.98. The van der Waals surface area contributed by atoms with E-state index in [0.717, 1.165) is 42.8 Å². The molecule has 4 heterocycles. The van der Waals surface area contributed by atoms with Gasteiger partial charge in [-0.2, -0.15) is 0 Å². The van der Waals surface area contributed by atoms with Crippen LogP contribution in [0, 0.1) is 5.82 Å². The lowest BCUT2D eigenvalue weighted by molar-refractivity contribution is -0.0712. The van der Waals surface area contributed by atoms with Gasteiger partial charge in [-0.25, -0.2) is 9.37 Å². The highest BCUT2D eigenvalue weighted by Crippen LogP contribution is 2.49. The number of hydrogen-bond donors (Lipinski definition) is 0. The summed E-state index contributed by atoms with van der Waals surface area (Å²) in [6.07, 6.45) is 1.87. The summed E-state index contributed by atoms with van der Waals surface area (Å²) in [6, 6.07) is 12.2. The Kier molecular flexibility index (Phi) is 7.33. The van der Waals surface area contributed by atoms with Gasteiger partial charge in [0.1, 0.15) is 17.2 Å². The molecule has 2 aromatic carbocycles. The van der Waals surface area contributed by atoms with Crippen LogP contribution in [0.3, 0.4) is 0 Å². The topological polar surface area (TPSA) is 74.5 Å². The van der Waals surface area contributed by atoms with Crippen LogP contribution in [0.25, 0.3) is 11.2 Å². The van der Waals surface area contributed by atoms with Crippen LogP contribution in [0.4, 0.5) is 4.39 Å². The number of halogens is 3. The number of likely N-dealkylation sites (tertiary alicyclic amines) is 1. The minimum Gasteiger partial charge on any atom is -0.444 e. The average Bonchev–Trinajstić information content (AvgIpc) is 3.45. The average molecular weight is 586 g/mol. The third-order valence-electron chi connectivity index (χ3n) is 7.81. The standard InChI is InChI=1S/C29H30Cl2FN5O3/c1-17(38-3)15-37-26(33-23-14-25(31)34-35-28(23)37)16-36-11-9-18(10-12-36)20-5-4-6-24-27(20)40-29(2,39-24)21-8-7-19(30)13-22(21)32/h4-8,13-14,17-18H,9-12,15-16H2,1-3H3. The Labute approximate surface area is 242 Å². The Balaban J connectivity index is 1.18. The number of para-hydroxylation sites is 1. The summed E-state index contributed by atoms with van der Waals surface area (Å²) in [5.41, 5.74) is 2.83. The zero-order valence-electron chi connectivity index (χ0n) is 22.5. The molecule has 0 bridgehead atoms. The predicted octanol–water partition coefficient (Wildman–Crippen LogP) is 6.33. The summed E-state index contributed by atoms with van der Waals surface area (Å²) in [5, 5.41) is 8.97. The molecule has 8 nitrogen and oxygen atoms in total. The largest absolute Gasteiger partial charge is 0.444 e. The lowest BCUT2D eigenvalue weighted by Crippen LogP contribution is -2.34. The van der Waals surface area contributed by atoms with Crippen molar-refractivity contribution in [3.05, 3.63) is 75.4 Å². The van der Waals surface area contributed by atoms with E-state index in [1.807, 2.05) is 19.1 Å². The van der Waals surface area contributed by atoms with Crippen molar-refractivity contribution in [2.75, 3.05) is 20.2 Å². The van der Waals surface area contributed by atoms with Crippen LogP contribution in [0.1, 0.15) is 49.6 Å². The van der Waals surface area contributed by atoms with Gasteiger partial charge in [-0.15, -0.1) is 10.2 Å². The summed E-state index contributed by atoms with van der Waals surface area (Å²) < 4.78 is 34.9. The molecule has 2 unspecified atom stereocenters. The number of fused-ring (bicyclic) bond motifs is 2. The lowest BCUT2D eigenvalue weighted by Gasteiger charge is -2.32. The molecule has 2 aliphatic rings. The van der Waals surface area contributed by atoms with E-state index < -0.39 is 11.6 Å². The Bertz CT molecular complexity index is 1560. The third-order valence-corrected chi connectivity index (χ3v) is 8.23. The van der Waals surface area contributed by atoms with E-state index in [-0.39, 0.29) is 12.0 Å². The number of imidazole rings is 1. The molecule has 1 saturated heterocycles.